The third-order valence-electron chi connectivity index (χ3n) is 4.60. The van der Waals surface area contributed by atoms with Gasteiger partial charge in [0.1, 0.15) is 17.4 Å². The summed E-state index contributed by atoms with van der Waals surface area (Å²) in [7, 11) is -2.66. The van der Waals surface area contributed by atoms with Crippen molar-refractivity contribution in [1.29, 1.82) is 0 Å². The summed E-state index contributed by atoms with van der Waals surface area (Å²) in [5, 5.41) is 2.14. The van der Waals surface area contributed by atoms with E-state index in [9.17, 15) is 22.0 Å². The van der Waals surface area contributed by atoms with Crippen molar-refractivity contribution in [2.75, 3.05) is 23.3 Å². The van der Waals surface area contributed by atoms with Crippen LogP contribution in [0.25, 0.3) is 0 Å². The molecular weight excluding hydrogens is 474 g/mol. The highest BCUT2D eigenvalue weighted by atomic mass is 35.5. The van der Waals surface area contributed by atoms with Gasteiger partial charge in [0, 0.05) is 6.07 Å². The molecule has 3 rings (SSSR count). The van der Waals surface area contributed by atoms with Crippen LogP contribution in [0.5, 0.6) is 5.75 Å². The molecule has 33 heavy (non-hydrogen) atoms. The van der Waals surface area contributed by atoms with Crippen molar-refractivity contribution in [1.82, 2.24) is 0 Å². The smallest absolute Gasteiger partial charge is 0.264 e. The zero-order chi connectivity index (χ0) is 24.2. The van der Waals surface area contributed by atoms with Gasteiger partial charge in [0.15, 0.2) is 0 Å². The molecule has 0 fully saturated rings. The van der Waals surface area contributed by atoms with Gasteiger partial charge in [0.05, 0.1) is 40.5 Å². The Kier molecular flexibility index (Phi) is 7.35. The molecule has 0 heterocycles. The van der Waals surface area contributed by atoms with E-state index in [4.69, 9.17) is 16.3 Å². The monoisotopic (exact) mass is 492 g/mol. The van der Waals surface area contributed by atoms with Crippen LogP contribution in [-0.4, -0.2) is 28.0 Å². The Balaban J connectivity index is 1.99. The predicted octanol–water partition coefficient (Wildman–Crippen LogP) is 5.26. The number of hydrogen-bond acceptors (Lipinski definition) is 4. The molecule has 0 aliphatic rings. The van der Waals surface area contributed by atoms with E-state index in [-0.39, 0.29) is 22.0 Å². The van der Waals surface area contributed by atoms with Gasteiger partial charge in [0.2, 0.25) is 0 Å². The number of rotatable bonds is 8. The van der Waals surface area contributed by atoms with Gasteiger partial charge in [-0.1, -0.05) is 17.7 Å². The maximum absolute atomic E-state index is 13.9. The number of benzene rings is 3. The van der Waals surface area contributed by atoms with E-state index in [2.05, 4.69) is 11.9 Å². The number of ether oxygens (including phenoxy) is 1. The van der Waals surface area contributed by atoms with Crippen LogP contribution in [0.1, 0.15) is 10.4 Å². The molecule has 0 unspecified atom stereocenters. The van der Waals surface area contributed by atoms with Crippen LogP contribution in [0.3, 0.4) is 0 Å². The van der Waals surface area contributed by atoms with Crippen molar-refractivity contribution >= 4 is 38.9 Å². The van der Waals surface area contributed by atoms with Crippen molar-refractivity contribution in [3.8, 4) is 5.75 Å². The van der Waals surface area contributed by atoms with Gasteiger partial charge in [-0.15, -0.1) is 6.58 Å². The van der Waals surface area contributed by atoms with E-state index in [1.807, 2.05) is 0 Å². The van der Waals surface area contributed by atoms with Crippen LogP contribution in [0, 0.1) is 11.6 Å². The van der Waals surface area contributed by atoms with Gasteiger partial charge in [-0.2, -0.15) is 0 Å². The largest absolute Gasteiger partial charge is 0.497 e. The van der Waals surface area contributed by atoms with Crippen LogP contribution < -0.4 is 14.4 Å². The van der Waals surface area contributed by atoms with Crippen LogP contribution >= 0.6 is 11.6 Å². The fourth-order valence-electron chi connectivity index (χ4n) is 2.96. The molecule has 3 aromatic rings. The van der Waals surface area contributed by atoms with E-state index < -0.39 is 33.3 Å². The topological polar surface area (TPSA) is 75.7 Å². The number of hydrogen-bond donors (Lipinski definition) is 1. The zero-order valence-corrected chi connectivity index (χ0v) is 19.0. The second-order valence-electron chi connectivity index (χ2n) is 6.74. The number of carbonyl (C=O) groups is 1. The first kappa shape index (κ1) is 24.2. The van der Waals surface area contributed by atoms with Crippen molar-refractivity contribution in [2.45, 2.75) is 4.90 Å². The van der Waals surface area contributed by atoms with Crippen molar-refractivity contribution < 1.29 is 26.7 Å². The van der Waals surface area contributed by atoms with Gasteiger partial charge < -0.3 is 10.1 Å². The van der Waals surface area contributed by atoms with E-state index in [0.29, 0.717) is 11.4 Å². The first-order valence-corrected chi connectivity index (χ1v) is 11.3. The number of sulfonamides is 1. The fourth-order valence-corrected chi connectivity index (χ4v) is 4.62. The minimum absolute atomic E-state index is 0.0483. The highest BCUT2D eigenvalue weighted by Gasteiger charge is 2.26. The Morgan fingerprint density at radius 2 is 1.82 bits per heavy atom. The van der Waals surface area contributed by atoms with Crippen LogP contribution in [0.2, 0.25) is 5.02 Å². The van der Waals surface area contributed by atoms with E-state index in [1.165, 1.54) is 25.3 Å². The lowest BCUT2D eigenvalue weighted by atomic mass is 10.2. The number of carbonyl (C=O) groups excluding carboxylic acids is 1. The summed E-state index contributed by atoms with van der Waals surface area (Å²) in [6, 6.07) is 12.5. The second-order valence-corrected chi connectivity index (χ2v) is 9.01. The summed E-state index contributed by atoms with van der Waals surface area (Å²) < 4.78 is 60.3. The number of anilines is 2. The summed E-state index contributed by atoms with van der Waals surface area (Å²) in [5.41, 5.74) is -0.288. The van der Waals surface area contributed by atoms with Gasteiger partial charge in [-0.05, 0) is 54.6 Å². The third kappa shape index (κ3) is 5.32. The first-order valence-electron chi connectivity index (χ1n) is 9.51. The van der Waals surface area contributed by atoms with Gasteiger partial charge in [-0.25, -0.2) is 17.2 Å². The van der Waals surface area contributed by atoms with Crippen LogP contribution in [0.15, 0.2) is 78.2 Å². The number of amides is 1. The maximum atomic E-state index is 13.9. The number of methoxy groups -OCH3 is 1. The van der Waals surface area contributed by atoms with E-state index in [1.54, 1.807) is 24.3 Å². The summed E-state index contributed by atoms with van der Waals surface area (Å²) in [6.07, 6.45) is 1.41. The van der Waals surface area contributed by atoms with E-state index >= 15 is 0 Å². The number of nitrogens with zero attached hydrogens (tertiary/aromatic N) is 1. The van der Waals surface area contributed by atoms with Crippen molar-refractivity contribution in [2.24, 2.45) is 0 Å². The second kappa shape index (κ2) is 10.0. The molecule has 0 aliphatic carbocycles. The highest BCUT2D eigenvalue weighted by Crippen LogP contribution is 2.29. The molecule has 172 valence electrons. The van der Waals surface area contributed by atoms with E-state index in [0.717, 1.165) is 28.6 Å². The Hall–Kier alpha value is -3.43. The molecule has 0 radical (unpaired) electrons. The molecule has 0 atom stereocenters. The highest BCUT2D eigenvalue weighted by molar-refractivity contribution is 7.92. The zero-order valence-electron chi connectivity index (χ0n) is 17.4. The number of nitrogens with one attached hydrogen (secondary N) is 1. The minimum Gasteiger partial charge on any atom is -0.497 e. The predicted molar refractivity (Wildman–Crippen MR) is 123 cm³/mol. The summed E-state index contributed by atoms with van der Waals surface area (Å²) in [6.45, 7) is 3.56. The lowest BCUT2D eigenvalue weighted by Crippen LogP contribution is -2.31. The molecule has 6 nitrogen and oxygen atoms in total. The third-order valence-corrected chi connectivity index (χ3v) is 6.72. The molecule has 0 saturated carbocycles. The average molecular weight is 493 g/mol. The molecule has 1 N–H and O–H groups in total. The molecule has 10 heteroatoms. The number of halogens is 3. The summed E-state index contributed by atoms with van der Waals surface area (Å²) in [4.78, 5) is 12.5. The molecule has 1 amide bonds. The van der Waals surface area contributed by atoms with Crippen molar-refractivity contribution in [3.05, 3.63) is 95.5 Å². The maximum Gasteiger partial charge on any atom is 0.264 e. The SMILES string of the molecule is C=CCN(c1ccc(OC)cc1)S(=O)(=O)c1ccc(Cl)c(C(=O)Nc2cc(F)ccc2F)c1. The van der Waals surface area contributed by atoms with Gasteiger partial charge >= 0.3 is 0 Å². The Morgan fingerprint density at radius 3 is 2.45 bits per heavy atom. The average Bonchev–Trinajstić information content (AvgIpc) is 2.80. The standard InChI is InChI=1S/C23H19ClF2N2O4S/c1-3-12-28(16-5-7-17(32-2)8-6-16)33(30,31)18-9-10-20(24)19(14-18)23(29)27-22-13-15(25)4-11-21(22)26/h3-11,13-14H,1,12H2,2H3,(H,27,29). The molecule has 3 aromatic carbocycles. The molecule has 0 aliphatic heterocycles. The van der Waals surface area contributed by atoms with Crippen molar-refractivity contribution in [3.63, 3.8) is 0 Å². The minimum atomic E-state index is -4.15. The molecular formula is C23H19ClF2N2O4S. The first-order chi connectivity index (χ1) is 15.7. The lowest BCUT2D eigenvalue weighted by molar-refractivity contribution is 0.102. The summed E-state index contributed by atoms with van der Waals surface area (Å²) in [5.74, 6) is -1.97. The van der Waals surface area contributed by atoms with Crippen LogP contribution in [-0.2, 0) is 10.0 Å². The molecule has 0 aromatic heterocycles. The Morgan fingerprint density at radius 1 is 1.12 bits per heavy atom. The summed E-state index contributed by atoms with van der Waals surface area (Å²) >= 11 is 6.10. The molecule has 0 bridgehead atoms. The Labute approximate surface area is 195 Å². The van der Waals surface area contributed by atoms with Gasteiger partial charge in [0.25, 0.3) is 15.9 Å². The fraction of sp³-hybridized carbons (Fsp3) is 0.0870. The quantitative estimate of drug-likeness (QED) is 0.435. The Bertz CT molecular complexity index is 1300. The normalized spacial score (nSPS) is 11.0. The molecule has 0 saturated heterocycles. The molecule has 0 spiro atoms. The van der Waals surface area contributed by atoms with Crippen LogP contribution in [0.4, 0.5) is 20.2 Å². The van der Waals surface area contributed by atoms with Gasteiger partial charge in [-0.3, -0.25) is 9.10 Å². The lowest BCUT2D eigenvalue weighted by Gasteiger charge is -2.23.